The van der Waals surface area contributed by atoms with E-state index in [2.05, 4.69) is 77.1 Å². The van der Waals surface area contributed by atoms with Crippen molar-refractivity contribution in [1.82, 2.24) is 0 Å². The van der Waals surface area contributed by atoms with E-state index in [4.69, 9.17) is 0 Å². The quantitative estimate of drug-likeness (QED) is 0.160. The molecule has 0 N–H and O–H groups in total. The number of aryl methyl sites for hydroxylation is 1. The van der Waals surface area contributed by atoms with Crippen molar-refractivity contribution in [2.24, 2.45) is 0 Å². The average molecular weight is 531 g/mol. The summed E-state index contributed by atoms with van der Waals surface area (Å²) < 4.78 is 64.1. The number of hydrogen-bond acceptors (Lipinski definition) is 0. The largest absolute Gasteiger partial charge is 0.204 e. The fourth-order valence-electron chi connectivity index (χ4n) is 2.25. The number of halogens is 6. The molecule has 2 radical (unpaired) electrons. The summed E-state index contributed by atoms with van der Waals surface area (Å²) >= 11 is -0.0167. The normalized spacial score (nSPS) is 10.4. The van der Waals surface area contributed by atoms with Gasteiger partial charge in [0.05, 0.1) is 0 Å². The van der Waals surface area contributed by atoms with Gasteiger partial charge in [-0.1, -0.05) is 7.43 Å². The van der Waals surface area contributed by atoms with E-state index in [1.165, 1.54) is 18.3 Å². The van der Waals surface area contributed by atoms with Crippen LogP contribution in [0, 0.1) is 43.2 Å². The second-order valence-electron chi connectivity index (χ2n) is 6.58. The Labute approximate surface area is 186 Å². The molecule has 3 aromatic rings. The molecule has 0 bridgehead atoms. The van der Waals surface area contributed by atoms with Crippen molar-refractivity contribution in [1.29, 1.82) is 0 Å². The van der Waals surface area contributed by atoms with Gasteiger partial charge in [0.2, 0.25) is 0 Å². The first-order valence-corrected chi connectivity index (χ1v) is 10.9. The molecule has 0 fully saturated rings. The van der Waals surface area contributed by atoms with Crippen molar-refractivity contribution in [3.63, 3.8) is 0 Å². The summed E-state index contributed by atoms with van der Waals surface area (Å²) in [5.41, 5.74) is 1.40. The molecule has 0 spiro atoms. The van der Waals surface area contributed by atoms with Crippen molar-refractivity contribution >= 4 is 13.3 Å². The molecule has 0 aliphatic carbocycles. The third kappa shape index (κ3) is 6.55. The first kappa shape index (κ1) is 26.1. The molecule has 3 aromatic carbocycles. The first-order valence-electron chi connectivity index (χ1n) is 8.70. The molecule has 0 aliphatic rings. The Kier molecular flexibility index (Phi) is 10.0. The zero-order valence-corrected chi connectivity index (χ0v) is 18.2. The van der Waals surface area contributed by atoms with Gasteiger partial charge in [-0.15, -0.1) is 0 Å². The van der Waals surface area contributed by atoms with Gasteiger partial charge in [0.25, 0.3) is 0 Å². The minimum Gasteiger partial charge on any atom is -0.204 e. The second-order valence-corrected chi connectivity index (χ2v) is 9.61. The van der Waals surface area contributed by atoms with Crippen LogP contribution in [0.3, 0.4) is 0 Å². The summed E-state index contributed by atoms with van der Waals surface area (Å²) in [6, 6.07) is 18.1. The van der Waals surface area contributed by atoms with Gasteiger partial charge in [0.1, 0.15) is 7.85 Å². The zero-order chi connectivity index (χ0) is 21.7. The molecule has 0 nitrogen and oxygen atoms in total. The summed E-state index contributed by atoms with van der Waals surface area (Å²) in [4.78, 5) is 0. The van der Waals surface area contributed by atoms with Gasteiger partial charge in [-0.05, 0) is 5.46 Å². The molecule has 0 amide bonds. The summed E-state index contributed by atoms with van der Waals surface area (Å²) in [6.07, 6.45) is 0. The Morgan fingerprint density at radius 3 is 1.43 bits per heavy atom. The maximum absolute atomic E-state index is 12.3. The van der Waals surface area contributed by atoms with Crippen LogP contribution in [0.5, 0.6) is 0 Å². The van der Waals surface area contributed by atoms with Gasteiger partial charge < -0.3 is 0 Å². The Bertz CT molecular complexity index is 865. The van der Waals surface area contributed by atoms with Gasteiger partial charge in [0, 0.05) is 0 Å². The maximum Gasteiger partial charge on any atom is 0.200 e. The van der Waals surface area contributed by atoms with Gasteiger partial charge in [-0.2, -0.15) is 0 Å². The molecule has 0 atom stereocenters. The smallest absolute Gasteiger partial charge is 0.200 e. The molecule has 30 heavy (non-hydrogen) atoms. The molecular formula is C23H22BF5I-. The van der Waals surface area contributed by atoms with E-state index in [1.807, 2.05) is 0 Å². The van der Waals surface area contributed by atoms with Crippen LogP contribution in [0.4, 0.5) is 22.0 Å². The van der Waals surface area contributed by atoms with Crippen LogP contribution in [0.1, 0.15) is 38.3 Å². The zero-order valence-electron chi connectivity index (χ0n) is 16.0. The average Bonchev–Trinajstić information content (AvgIpc) is 2.72. The minimum absolute atomic E-state index is 0. The minimum atomic E-state index is -2.21. The number of rotatable bonds is 3. The van der Waals surface area contributed by atoms with E-state index < -0.39 is 34.5 Å². The molecule has 0 saturated carbocycles. The van der Waals surface area contributed by atoms with Crippen molar-refractivity contribution in [2.45, 2.75) is 34.1 Å². The predicted molar refractivity (Wildman–Crippen MR) is 107 cm³/mol. The Hall–Kier alpha value is -1.90. The van der Waals surface area contributed by atoms with Gasteiger partial charge in [-0.25, -0.2) is 22.0 Å². The van der Waals surface area contributed by atoms with Crippen LogP contribution in [-0.2, 0) is 0 Å². The molecule has 0 aliphatic heterocycles. The van der Waals surface area contributed by atoms with Gasteiger partial charge in [0.15, 0.2) is 29.1 Å². The van der Waals surface area contributed by atoms with Crippen LogP contribution in [0.2, 0.25) is 0 Å². The van der Waals surface area contributed by atoms with E-state index in [1.54, 1.807) is 0 Å². The van der Waals surface area contributed by atoms with E-state index >= 15 is 0 Å². The third-order valence-electron chi connectivity index (χ3n) is 4.01. The summed E-state index contributed by atoms with van der Waals surface area (Å²) in [5.74, 6) is -9.67. The van der Waals surface area contributed by atoms with E-state index in [9.17, 15) is 22.0 Å². The number of hydrogen-bond donors (Lipinski definition) is 0. The monoisotopic (exact) mass is 531 g/mol. The van der Waals surface area contributed by atoms with Gasteiger partial charge >= 0.3 is 115 Å². The first-order chi connectivity index (χ1) is 13.6. The molecule has 0 heterocycles. The van der Waals surface area contributed by atoms with Crippen molar-refractivity contribution in [3.8, 4) is 0 Å². The summed E-state index contributed by atoms with van der Waals surface area (Å²) in [5, 5.41) is 0. The van der Waals surface area contributed by atoms with E-state index in [0.29, 0.717) is 5.92 Å². The van der Waals surface area contributed by atoms with Crippen molar-refractivity contribution in [3.05, 3.63) is 95.9 Å². The molecule has 0 aromatic heterocycles. The van der Waals surface area contributed by atoms with Crippen LogP contribution >= 0.6 is 0 Å². The fourth-order valence-corrected chi connectivity index (χ4v) is 4.41. The third-order valence-corrected chi connectivity index (χ3v) is 6.69. The van der Waals surface area contributed by atoms with Crippen molar-refractivity contribution < 1.29 is 43.2 Å². The predicted octanol–water partition coefficient (Wildman–Crippen LogP) is 3.06. The summed E-state index contributed by atoms with van der Waals surface area (Å²) in [7, 11) is 4.56. The molecule has 160 valence electrons. The molecule has 0 saturated heterocycles. The molecular weight excluding hydrogens is 509 g/mol. The maximum atomic E-state index is 12.3. The van der Waals surface area contributed by atoms with Crippen LogP contribution in [0.25, 0.3) is 0 Å². The van der Waals surface area contributed by atoms with Crippen LogP contribution < -0.4 is 26.7 Å². The SMILES string of the molecule is C.Cc1ccc([I-]c2ccc(C(C)C)cc2)cc1.[B]c1c(F)c(F)c(F)c(F)c1F. The topological polar surface area (TPSA) is 0 Å². The molecule has 7 heteroatoms. The van der Waals surface area contributed by atoms with E-state index in [-0.39, 0.29) is 28.6 Å². The Morgan fingerprint density at radius 1 is 0.667 bits per heavy atom. The standard InChI is InChI=1S/C16H18I.C6BF5.CH4/c1-12(2)14-6-10-16(11-7-14)17-15-8-4-13(3)5-9-15;7-1-2(8)4(10)6(12)5(11)3(1)9;/h4-12H,1-3H3;;1H4/q-1;;. The number of benzene rings is 3. The Balaban J connectivity index is 0.000000308. The van der Waals surface area contributed by atoms with Gasteiger partial charge in [-0.3, -0.25) is 0 Å². The second kappa shape index (κ2) is 11.5. The van der Waals surface area contributed by atoms with Crippen molar-refractivity contribution in [2.75, 3.05) is 0 Å². The van der Waals surface area contributed by atoms with E-state index in [0.717, 1.165) is 0 Å². The summed E-state index contributed by atoms with van der Waals surface area (Å²) in [6.45, 7) is 6.62. The van der Waals surface area contributed by atoms with Crippen LogP contribution in [-0.4, -0.2) is 7.85 Å². The Morgan fingerprint density at radius 2 is 1.03 bits per heavy atom. The molecule has 0 unspecified atom stereocenters. The fraction of sp³-hybridized carbons (Fsp3) is 0.217. The van der Waals surface area contributed by atoms with Crippen LogP contribution in [0.15, 0.2) is 48.5 Å². The molecule has 3 rings (SSSR count).